The van der Waals surface area contributed by atoms with Crippen LogP contribution in [0.1, 0.15) is 12.5 Å². The van der Waals surface area contributed by atoms with Gasteiger partial charge in [-0.05, 0) is 36.4 Å². The number of aliphatic imine (C=N–C) groups is 1. The molecule has 0 fully saturated rings. The number of hydrogen-bond acceptors (Lipinski definition) is 5. The molecule has 1 amide bonds. The van der Waals surface area contributed by atoms with Crippen LogP contribution in [0.15, 0.2) is 41.4 Å². The predicted octanol–water partition coefficient (Wildman–Crippen LogP) is 3.42. The van der Waals surface area contributed by atoms with Gasteiger partial charge in [-0.25, -0.2) is 0 Å². The lowest BCUT2D eigenvalue weighted by molar-refractivity contribution is -0.114. The standard InChI is InChI=1S/C18H20N2O4/c1-12(21)20-15-7-5-14(6-8-15)19-11-13-9-16(22-2)18(24-4)17(10-13)23-3/h5-11H,1-4H3,(H,20,21). The number of ether oxygens (including phenoxy) is 3. The number of carbonyl (C=O) groups is 1. The fraction of sp³-hybridized carbons (Fsp3) is 0.222. The smallest absolute Gasteiger partial charge is 0.221 e. The second kappa shape index (κ2) is 8.01. The number of rotatable bonds is 6. The van der Waals surface area contributed by atoms with E-state index in [0.717, 1.165) is 16.9 Å². The number of benzene rings is 2. The van der Waals surface area contributed by atoms with E-state index < -0.39 is 0 Å². The van der Waals surface area contributed by atoms with E-state index in [1.807, 2.05) is 24.3 Å². The van der Waals surface area contributed by atoms with E-state index in [2.05, 4.69) is 10.3 Å². The SMILES string of the molecule is COc1cc(C=Nc2ccc(NC(C)=O)cc2)cc(OC)c1OC. The molecule has 0 aromatic heterocycles. The van der Waals surface area contributed by atoms with E-state index in [1.165, 1.54) is 6.92 Å². The Kier molecular flexibility index (Phi) is 5.78. The van der Waals surface area contributed by atoms with Crippen LogP contribution in [0.5, 0.6) is 17.2 Å². The molecule has 0 bridgehead atoms. The maximum absolute atomic E-state index is 11.0. The molecule has 0 aliphatic heterocycles. The highest BCUT2D eigenvalue weighted by Gasteiger charge is 2.12. The molecule has 24 heavy (non-hydrogen) atoms. The fourth-order valence-corrected chi connectivity index (χ4v) is 2.16. The van der Waals surface area contributed by atoms with E-state index in [9.17, 15) is 4.79 Å². The number of carbonyl (C=O) groups excluding carboxylic acids is 1. The third kappa shape index (κ3) is 4.25. The Hall–Kier alpha value is -3.02. The lowest BCUT2D eigenvalue weighted by Crippen LogP contribution is -2.04. The molecule has 2 aromatic rings. The summed E-state index contributed by atoms with van der Waals surface area (Å²) in [5.74, 6) is 1.57. The van der Waals surface area contributed by atoms with Crippen LogP contribution in [-0.2, 0) is 4.79 Å². The van der Waals surface area contributed by atoms with Crippen LogP contribution in [0.3, 0.4) is 0 Å². The van der Waals surface area contributed by atoms with Gasteiger partial charge in [-0.3, -0.25) is 9.79 Å². The minimum Gasteiger partial charge on any atom is -0.493 e. The number of nitrogens with one attached hydrogen (secondary N) is 1. The highest BCUT2D eigenvalue weighted by molar-refractivity contribution is 5.89. The molecule has 2 aromatic carbocycles. The molecule has 0 heterocycles. The number of amides is 1. The Balaban J connectivity index is 2.23. The summed E-state index contributed by atoms with van der Waals surface area (Å²) in [4.78, 5) is 15.4. The van der Waals surface area contributed by atoms with Crippen molar-refractivity contribution >= 4 is 23.5 Å². The number of hydrogen-bond donors (Lipinski definition) is 1. The Bertz CT molecular complexity index is 714. The quantitative estimate of drug-likeness (QED) is 0.825. The largest absolute Gasteiger partial charge is 0.493 e. The molecule has 6 nitrogen and oxygen atoms in total. The zero-order chi connectivity index (χ0) is 17.5. The molecule has 1 N–H and O–H groups in total. The second-order valence-corrected chi connectivity index (χ2v) is 4.94. The van der Waals surface area contributed by atoms with Crippen LogP contribution in [0.2, 0.25) is 0 Å². The first-order valence-corrected chi connectivity index (χ1v) is 7.29. The van der Waals surface area contributed by atoms with Crippen molar-refractivity contribution in [2.24, 2.45) is 4.99 Å². The molecule has 0 saturated carbocycles. The minimum absolute atomic E-state index is 0.108. The van der Waals surface area contributed by atoms with Crippen molar-refractivity contribution < 1.29 is 19.0 Å². The highest BCUT2D eigenvalue weighted by Crippen LogP contribution is 2.37. The normalized spacial score (nSPS) is 10.5. The molecule has 0 atom stereocenters. The number of methoxy groups -OCH3 is 3. The van der Waals surface area contributed by atoms with Crippen molar-refractivity contribution in [1.29, 1.82) is 0 Å². The molecule has 2 rings (SSSR count). The summed E-state index contributed by atoms with van der Waals surface area (Å²) in [7, 11) is 4.70. The molecule has 0 radical (unpaired) electrons. The van der Waals surface area contributed by atoms with Gasteiger partial charge < -0.3 is 19.5 Å². The lowest BCUT2D eigenvalue weighted by Gasteiger charge is -2.12. The summed E-state index contributed by atoms with van der Waals surface area (Å²) in [6.07, 6.45) is 1.71. The molecule has 0 unspecified atom stereocenters. The summed E-state index contributed by atoms with van der Waals surface area (Å²) in [6.45, 7) is 1.47. The van der Waals surface area contributed by atoms with Crippen LogP contribution < -0.4 is 19.5 Å². The van der Waals surface area contributed by atoms with E-state index in [4.69, 9.17) is 14.2 Å². The van der Waals surface area contributed by atoms with Gasteiger partial charge in [0.05, 0.1) is 27.0 Å². The van der Waals surface area contributed by atoms with Crippen molar-refractivity contribution in [2.75, 3.05) is 26.6 Å². The maximum atomic E-state index is 11.0. The first-order chi connectivity index (χ1) is 11.6. The molecular formula is C18H20N2O4. The lowest BCUT2D eigenvalue weighted by atomic mass is 10.2. The molecule has 0 saturated heterocycles. The summed E-state index contributed by atoms with van der Waals surface area (Å²) < 4.78 is 15.9. The summed E-state index contributed by atoms with van der Waals surface area (Å²) in [5.41, 5.74) is 2.31. The van der Waals surface area contributed by atoms with Crippen molar-refractivity contribution in [2.45, 2.75) is 6.92 Å². The Morgan fingerprint density at radius 1 is 1.00 bits per heavy atom. The molecule has 0 aliphatic carbocycles. The Morgan fingerprint density at radius 3 is 2.04 bits per heavy atom. The highest BCUT2D eigenvalue weighted by atomic mass is 16.5. The number of nitrogens with zero attached hydrogens (tertiary/aromatic N) is 1. The zero-order valence-electron chi connectivity index (χ0n) is 14.1. The van der Waals surface area contributed by atoms with Crippen molar-refractivity contribution in [1.82, 2.24) is 0 Å². The van der Waals surface area contributed by atoms with Gasteiger partial charge in [-0.1, -0.05) is 0 Å². The summed E-state index contributed by atoms with van der Waals surface area (Å²) >= 11 is 0. The van der Waals surface area contributed by atoms with Crippen LogP contribution in [0.25, 0.3) is 0 Å². The average Bonchev–Trinajstić information content (AvgIpc) is 2.59. The molecule has 0 spiro atoms. The first-order valence-electron chi connectivity index (χ1n) is 7.29. The minimum atomic E-state index is -0.108. The van der Waals surface area contributed by atoms with Gasteiger partial charge in [0.25, 0.3) is 0 Å². The summed E-state index contributed by atoms with van der Waals surface area (Å²) in [6, 6.07) is 10.9. The van der Waals surface area contributed by atoms with E-state index >= 15 is 0 Å². The average molecular weight is 328 g/mol. The predicted molar refractivity (Wildman–Crippen MR) is 94.1 cm³/mol. The first kappa shape index (κ1) is 17.3. The van der Waals surface area contributed by atoms with Gasteiger partial charge in [-0.2, -0.15) is 0 Å². The maximum Gasteiger partial charge on any atom is 0.221 e. The zero-order valence-corrected chi connectivity index (χ0v) is 14.1. The van der Waals surface area contributed by atoms with Crippen molar-refractivity contribution in [3.05, 3.63) is 42.0 Å². The van der Waals surface area contributed by atoms with Gasteiger partial charge in [0.15, 0.2) is 11.5 Å². The Labute approximate surface area is 141 Å². The van der Waals surface area contributed by atoms with E-state index in [0.29, 0.717) is 17.2 Å². The van der Waals surface area contributed by atoms with Crippen LogP contribution in [0.4, 0.5) is 11.4 Å². The third-order valence-corrected chi connectivity index (χ3v) is 3.24. The number of anilines is 1. The third-order valence-electron chi connectivity index (χ3n) is 3.24. The van der Waals surface area contributed by atoms with E-state index in [-0.39, 0.29) is 5.91 Å². The topological polar surface area (TPSA) is 69.2 Å². The molecule has 0 aliphatic rings. The van der Waals surface area contributed by atoms with Crippen molar-refractivity contribution in [3.8, 4) is 17.2 Å². The van der Waals surface area contributed by atoms with Gasteiger partial charge in [0, 0.05) is 24.4 Å². The van der Waals surface area contributed by atoms with Gasteiger partial charge in [0.2, 0.25) is 11.7 Å². The van der Waals surface area contributed by atoms with E-state index in [1.54, 1.807) is 39.7 Å². The monoisotopic (exact) mass is 328 g/mol. The molecule has 126 valence electrons. The Morgan fingerprint density at radius 2 is 1.58 bits per heavy atom. The van der Waals surface area contributed by atoms with Gasteiger partial charge in [0.1, 0.15) is 0 Å². The van der Waals surface area contributed by atoms with Gasteiger partial charge in [-0.15, -0.1) is 0 Å². The van der Waals surface area contributed by atoms with Gasteiger partial charge >= 0.3 is 0 Å². The van der Waals surface area contributed by atoms with Crippen LogP contribution >= 0.6 is 0 Å². The van der Waals surface area contributed by atoms with Crippen LogP contribution in [0, 0.1) is 0 Å². The van der Waals surface area contributed by atoms with Crippen LogP contribution in [-0.4, -0.2) is 33.5 Å². The molecule has 6 heteroatoms. The molecular weight excluding hydrogens is 308 g/mol. The fourth-order valence-electron chi connectivity index (χ4n) is 2.16. The second-order valence-electron chi connectivity index (χ2n) is 4.94. The van der Waals surface area contributed by atoms with Crippen molar-refractivity contribution in [3.63, 3.8) is 0 Å². The summed E-state index contributed by atoms with van der Waals surface area (Å²) in [5, 5.41) is 2.71.